The van der Waals surface area contributed by atoms with Crippen molar-refractivity contribution in [3.63, 3.8) is 0 Å². The van der Waals surface area contributed by atoms with Crippen molar-refractivity contribution in [3.05, 3.63) is 78.3 Å². The number of hydrogen-bond donors (Lipinski definition) is 1. The van der Waals surface area contributed by atoms with Gasteiger partial charge in [0.2, 0.25) is 0 Å². The number of hydrogen-bond acceptors (Lipinski definition) is 4. The van der Waals surface area contributed by atoms with Crippen LogP contribution in [0.3, 0.4) is 0 Å². The van der Waals surface area contributed by atoms with E-state index in [1.165, 1.54) is 23.4 Å². The zero-order valence-electron chi connectivity index (χ0n) is 13.4. The topological polar surface area (TPSA) is 76.9 Å². The number of anilines is 1. The molecule has 0 aliphatic carbocycles. The molecule has 26 heavy (non-hydrogen) atoms. The molecule has 0 radical (unpaired) electrons. The fourth-order valence-electron chi connectivity index (χ4n) is 2.66. The maximum Gasteiger partial charge on any atom is 0.261 e. The van der Waals surface area contributed by atoms with Crippen LogP contribution in [0.4, 0.5) is 5.69 Å². The summed E-state index contributed by atoms with van der Waals surface area (Å²) in [5.74, 6) is 0. The minimum absolute atomic E-state index is 0.167. The molecule has 3 aromatic carbocycles. The Bertz CT molecular complexity index is 1190. The van der Waals surface area contributed by atoms with Gasteiger partial charge in [0, 0.05) is 5.02 Å². The van der Waals surface area contributed by atoms with Crippen molar-refractivity contribution in [1.29, 1.82) is 0 Å². The molecule has 0 unspecified atom stereocenters. The van der Waals surface area contributed by atoms with Crippen LogP contribution >= 0.6 is 11.6 Å². The molecule has 0 saturated heterocycles. The van der Waals surface area contributed by atoms with Crippen LogP contribution in [-0.2, 0) is 10.0 Å². The van der Waals surface area contributed by atoms with Crippen LogP contribution in [0, 0.1) is 0 Å². The average Bonchev–Trinajstić information content (AvgIpc) is 3.15. The van der Waals surface area contributed by atoms with E-state index in [0.717, 1.165) is 10.8 Å². The van der Waals surface area contributed by atoms with E-state index in [1.807, 2.05) is 24.3 Å². The van der Waals surface area contributed by atoms with Crippen molar-refractivity contribution < 1.29 is 8.42 Å². The minimum atomic E-state index is -3.81. The van der Waals surface area contributed by atoms with Gasteiger partial charge < -0.3 is 0 Å². The molecule has 0 saturated carbocycles. The Hall–Kier alpha value is -2.90. The van der Waals surface area contributed by atoms with E-state index in [4.69, 9.17) is 11.6 Å². The largest absolute Gasteiger partial charge is 0.277 e. The zero-order chi connectivity index (χ0) is 18.1. The molecule has 0 amide bonds. The van der Waals surface area contributed by atoms with E-state index < -0.39 is 10.0 Å². The van der Waals surface area contributed by atoms with Crippen LogP contribution in [-0.4, -0.2) is 23.2 Å². The van der Waals surface area contributed by atoms with E-state index in [1.54, 1.807) is 30.3 Å². The number of nitrogens with one attached hydrogen (secondary N) is 1. The standard InChI is InChI=1S/C18H13ClN4O2S/c19-15-6-8-18(23-12-20-11-21-23)17(10-15)22-26(24,25)16-7-5-13-3-1-2-4-14(13)9-16/h1-12,22H. The second kappa shape index (κ2) is 6.44. The molecule has 1 N–H and O–H groups in total. The summed E-state index contributed by atoms with van der Waals surface area (Å²) in [7, 11) is -3.81. The summed E-state index contributed by atoms with van der Waals surface area (Å²) in [5, 5.41) is 6.27. The third-order valence-electron chi connectivity index (χ3n) is 3.90. The minimum Gasteiger partial charge on any atom is -0.277 e. The maximum absolute atomic E-state index is 12.9. The highest BCUT2D eigenvalue weighted by Gasteiger charge is 2.18. The van der Waals surface area contributed by atoms with Gasteiger partial charge in [-0.1, -0.05) is 41.9 Å². The summed E-state index contributed by atoms with van der Waals surface area (Å²) in [6.07, 6.45) is 2.85. The second-order valence-corrected chi connectivity index (χ2v) is 7.73. The number of halogens is 1. The molecule has 1 heterocycles. The molecular formula is C18H13ClN4O2S. The third kappa shape index (κ3) is 3.14. The van der Waals surface area contributed by atoms with Gasteiger partial charge in [-0.2, -0.15) is 5.10 Å². The van der Waals surface area contributed by atoms with Crippen LogP contribution in [0.25, 0.3) is 16.5 Å². The van der Waals surface area contributed by atoms with Gasteiger partial charge in [-0.15, -0.1) is 0 Å². The van der Waals surface area contributed by atoms with Gasteiger partial charge in [0.1, 0.15) is 12.7 Å². The SMILES string of the molecule is O=S(=O)(Nc1cc(Cl)ccc1-n1cncn1)c1ccc2ccccc2c1. The molecular weight excluding hydrogens is 372 g/mol. The van der Waals surface area contributed by atoms with Crippen LogP contribution < -0.4 is 4.72 Å². The van der Waals surface area contributed by atoms with Gasteiger partial charge in [0.25, 0.3) is 10.0 Å². The van der Waals surface area contributed by atoms with Crippen LogP contribution in [0.1, 0.15) is 0 Å². The van der Waals surface area contributed by atoms with Gasteiger partial charge in [-0.05, 0) is 41.1 Å². The molecule has 0 fully saturated rings. The Morgan fingerprint density at radius 2 is 1.77 bits per heavy atom. The number of rotatable bonds is 4. The lowest BCUT2D eigenvalue weighted by Gasteiger charge is -2.13. The lowest BCUT2D eigenvalue weighted by molar-refractivity contribution is 0.601. The predicted octanol–water partition coefficient (Wildman–Crippen LogP) is 3.87. The van der Waals surface area contributed by atoms with Gasteiger partial charge in [-0.3, -0.25) is 4.72 Å². The van der Waals surface area contributed by atoms with Crippen molar-refractivity contribution in [2.75, 3.05) is 4.72 Å². The van der Waals surface area contributed by atoms with Gasteiger partial charge >= 0.3 is 0 Å². The first kappa shape index (κ1) is 16.6. The van der Waals surface area contributed by atoms with Crippen LogP contribution in [0.15, 0.2) is 78.2 Å². The first-order chi connectivity index (χ1) is 12.5. The Morgan fingerprint density at radius 1 is 0.962 bits per heavy atom. The van der Waals surface area contributed by atoms with Gasteiger partial charge in [-0.25, -0.2) is 18.1 Å². The monoisotopic (exact) mass is 384 g/mol. The second-order valence-electron chi connectivity index (χ2n) is 5.62. The molecule has 4 aromatic rings. The summed E-state index contributed by atoms with van der Waals surface area (Å²) < 4.78 is 29.8. The number of fused-ring (bicyclic) bond motifs is 1. The summed E-state index contributed by atoms with van der Waals surface area (Å²) in [6, 6.07) is 17.4. The molecule has 6 nitrogen and oxygen atoms in total. The van der Waals surface area contributed by atoms with Crippen molar-refractivity contribution in [2.45, 2.75) is 4.90 Å². The van der Waals surface area contributed by atoms with Crippen molar-refractivity contribution in [1.82, 2.24) is 14.8 Å². The number of nitrogens with zero attached hydrogens (tertiary/aromatic N) is 3. The van der Waals surface area contributed by atoms with E-state index >= 15 is 0 Å². The molecule has 0 spiro atoms. The molecule has 4 rings (SSSR count). The van der Waals surface area contributed by atoms with Crippen molar-refractivity contribution in [2.24, 2.45) is 0 Å². The first-order valence-electron chi connectivity index (χ1n) is 7.69. The summed E-state index contributed by atoms with van der Waals surface area (Å²) in [6.45, 7) is 0. The Kier molecular flexibility index (Phi) is 4.10. The quantitative estimate of drug-likeness (QED) is 0.579. The Morgan fingerprint density at radius 3 is 2.54 bits per heavy atom. The van der Waals surface area contributed by atoms with E-state index in [9.17, 15) is 8.42 Å². The molecule has 8 heteroatoms. The zero-order valence-corrected chi connectivity index (χ0v) is 14.9. The molecule has 130 valence electrons. The molecule has 0 aliphatic rings. The number of aromatic nitrogens is 3. The fourth-order valence-corrected chi connectivity index (χ4v) is 3.93. The van der Waals surface area contributed by atoms with Gasteiger partial charge in [0.05, 0.1) is 16.3 Å². The number of benzene rings is 3. The summed E-state index contributed by atoms with van der Waals surface area (Å²) in [4.78, 5) is 4.06. The fraction of sp³-hybridized carbons (Fsp3) is 0. The molecule has 0 atom stereocenters. The highest BCUT2D eigenvalue weighted by atomic mass is 35.5. The lowest BCUT2D eigenvalue weighted by Crippen LogP contribution is -2.15. The van der Waals surface area contributed by atoms with Crippen molar-refractivity contribution in [3.8, 4) is 5.69 Å². The molecule has 1 aromatic heterocycles. The van der Waals surface area contributed by atoms with Crippen LogP contribution in [0.2, 0.25) is 5.02 Å². The summed E-state index contributed by atoms with van der Waals surface area (Å²) in [5.41, 5.74) is 0.840. The summed E-state index contributed by atoms with van der Waals surface area (Å²) >= 11 is 6.05. The Balaban J connectivity index is 1.77. The highest BCUT2D eigenvalue weighted by molar-refractivity contribution is 7.92. The predicted molar refractivity (Wildman–Crippen MR) is 101 cm³/mol. The average molecular weight is 385 g/mol. The van der Waals surface area contributed by atoms with E-state index in [2.05, 4.69) is 14.8 Å². The van der Waals surface area contributed by atoms with Crippen molar-refractivity contribution >= 4 is 38.1 Å². The van der Waals surface area contributed by atoms with E-state index in [0.29, 0.717) is 16.4 Å². The Labute approximate surface area is 155 Å². The number of sulfonamides is 1. The maximum atomic E-state index is 12.9. The normalized spacial score (nSPS) is 11.6. The van der Waals surface area contributed by atoms with Gasteiger partial charge in [0.15, 0.2) is 0 Å². The smallest absolute Gasteiger partial charge is 0.261 e. The van der Waals surface area contributed by atoms with Crippen LogP contribution in [0.5, 0.6) is 0 Å². The highest BCUT2D eigenvalue weighted by Crippen LogP contribution is 2.27. The molecule has 0 aliphatic heterocycles. The molecule has 0 bridgehead atoms. The van der Waals surface area contributed by atoms with E-state index in [-0.39, 0.29) is 4.90 Å². The lowest BCUT2D eigenvalue weighted by atomic mass is 10.1. The first-order valence-corrected chi connectivity index (χ1v) is 9.55. The third-order valence-corrected chi connectivity index (χ3v) is 5.50.